The van der Waals surface area contributed by atoms with E-state index in [1.807, 2.05) is 0 Å². The van der Waals surface area contributed by atoms with Crippen molar-refractivity contribution in [1.82, 2.24) is 5.32 Å². The van der Waals surface area contributed by atoms with Crippen LogP contribution in [0.2, 0.25) is 0 Å². The van der Waals surface area contributed by atoms with Crippen LogP contribution in [0.15, 0.2) is 16.6 Å². The van der Waals surface area contributed by atoms with Gasteiger partial charge in [-0.1, -0.05) is 15.9 Å². The van der Waals surface area contributed by atoms with Crippen molar-refractivity contribution in [2.45, 2.75) is 13.5 Å². The zero-order chi connectivity index (χ0) is 9.26. The Morgan fingerprint density at radius 1 is 1.43 bits per heavy atom. The minimum Gasteiger partial charge on any atom is -0.492 e. The number of fused-ring (bicyclic) bond motifs is 1. The average molecular weight is 279 g/mol. The van der Waals surface area contributed by atoms with Gasteiger partial charge >= 0.3 is 0 Å². The summed E-state index contributed by atoms with van der Waals surface area (Å²) < 4.78 is 6.77. The smallest absolute Gasteiger partial charge is 0.126 e. The maximum absolute atomic E-state index is 5.65. The lowest BCUT2D eigenvalue weighted by Gasteiger charge is -2.10. The maximum atomic E-state index is 5.65. The first-order valence-corrected chi connectivity index (χ1v) is 5.19. The van der Waals surface area contributed by atoms with Gasteiger partial charge in [0.05, 0.1) is 0 Å². The molecule has 1 aromatic rings. The topological polar surface area (TPSA) is 21.3 Å². The summed E-state index contributed by atoms with van der Waals surface area (Å²) in [6.45, 7) is 4.66. The highest BCUT2D eigenvalue weighted by Crippen LogP contribution is 2.28. The van der Waals surface area contributed by atoms with Crippen molar-refractivity contribution in [1.29, 1.82) is 0 Å². The second kappa shape index (κ2) is 5.01. The monoisotopic (exact) mass is 277 g/mol. The SMILES string of the molecule is Cc1cc(Br)cc2c1OCCNC2.Cl. The molecule has 0 atom stereocenters. The van der Waals surface area contributed by atoms with E-state index < -0.39 is 0 Å². The third-order valence-corrected chi connectivity index (χ3v) is 2.61. The predicted molar refractivity (Wildman–Crippen MR) is 63.3 cm³/mol. The fourth-order valence-electron chi connectivity index (χ4n) is 1.59. The van der Waals surface area contributed by atoms with E-state index in [0.29, 0.717) is 0 Å². The second-order valence-corrected chi connectivity index (χ2v) is 4.15. The number of ether oxygens (including phenoxy) is 1. The van der Waals surface area contributed by atoms with Crippen LogP contribution >= 0.6 is 28.3 Å². The molecule has 2 nitrogen and oxygen atoms in total. The molecule has 0 radical (unpaired) electrons. The zero-order valence-corrected chi connectivity index (χ0v) is 10.4. The summed E-state index contributed by atoms with van der Waals surface area (Å²) in [7, 11) is 0. The van der Waals surface area contributed by atoms with Crippen LogP contribution in [0.25, 0.3) is 0 Å². The molecule has 0 aliphatic carbocycles. The van der Waals surface area contributed by atoms with Crippen LogP contribution in [-0.4, -0.2) is 13.2 Å². The third-order valence-electron chi connectivity index (χ3n) is 2.16. The molecule has 0 spiro atoms. The summed E-state index contributed by atoms with van der Waals surface area (Å²) >= 11 is 3.48. The first-order chi connectivity index (χ1) is 6.27. The number of halogens is 2. The molecule has 0 saturated carbocycles. The van der Waals surface area contributed by atoms with E-state index in [1.165, 1.54) is 11.1 Å². The third kappa shape index (κ3) is 2.41. The largest absolute Gasteiger partial charge is 0.492 e. The molecule has 0 unspecified atom stereocenters. The van der Waals surface area contributed by atoms with Crippen LogP contribution in [0.3, 0.4) is 0 Å². The van der Waals surface area contributed by atoms with Gasteiger partial charge in [-0.3, -0.25) is 0 Å². The maximum Gasteiger partial charge on any atom is 0.126 e. The van der Waals surface area contributed by atoms with Crippen LogP contribution in [-0.2, 0) is 6.54 Å². The normalized spacial score (nSPS) is 14.7. The van der Waals surface area contributed by atoms with Gasteiger partial charge in [-0.25, -0.2) is 0 Å². The molecule has 0 saturated heterocycles. The molecule has 0 amide bonds. The van der Waals surface area contributed by atoms with E-state index in [4.69, 9.17) is 4.74 Å². The molecule has 1 aromatic carbocycles. The molecule has 1 N–H and O–H groups in total. The molecule has 78 valence electrons. The number of nitrogens with one attached hydrogen (secondary N) is 1. The summed E-state index contributed by atoms with van der Waals surface area (Å²) in [5, 5.41) is 3.31. The second-order valence-electron chi connectivity index (χ2n) is 3.24. The van der Waals surface area contributed by atoms with Crippen LogP contribution in [0.1, 0.15) is 11.1 Å². The van der Waals surface area contributed by atoms with E-state index in [0.717, 1.165) is 29.9 Å². The van der Waals surface area contributed by atoms with Gasteiger partial charge in [0.25, 0.3) is 0 Å². The molecule has 1 aliphatic rings. The Kier molecular flexibility index (Phi) is 4.23. The van der Waals surface area contributed by atoms with Crippen LogP contribution in [0, 0.1) is 6.92 Å². The van der Waals surface area contributed by atoms with Gasteiger partial charge in [-0.2, -0.15) is 0 Å². The molecule has 14 heavy (non-hydrogen) atoms. The molecule has 0 fully saturated rings. The molecule has 0 bridgehead atoms. The quantitative estimate of drug-likeness (QED) is 0.788. The Morgan fingerprint density at radius 2 is 2.21 bits per heavy atom. The van der Waals surface area contributed by atoms with E-state index in [9.17, 15) is 0 Å². The number of hydrogen-bond acceptors (Lipinski definition) is 2. The van der Waals surface area contributed by atoms with Crippen molar-refractivity contribution in [3.05, 3.63) is 27.7 Å². The molecule has 2 rings (SSSR count). The van der Waals surface area contributed by atoms with Gasteiger partial charge < -0.3 is 10.1 Å². The van der Waals surface area contributed by atoms with Crippen molar-refractivity contribution in [3.8, 4) is 5.75 Å². The number of aryl methyl sites for hydroxylation is 1. The Morgan fingerprint density at radius 3 is 3.00 bits per heavy atom. The van der Waals surface area contributed by atoms with Gasteiger partial charge in [0, 0.05) is 23.1 Å². The Hall–Kier alpha value is -0.250. The lowest BCUT2D eigenvalue weighted by atomic mass is 10.1. The van der Waals surface area contributed by atoms with Gasteiger partial charge in [0.2, 0.25) is 0 Å². The Bertz CT molecular complexity index is 330. The van der Waals surface area contributed by atoms with E-state index in [1.54, 1.807) is 0 Å². The molecule has 0 aromatic heterocycles. The van der Waals surface area contributed by atoms with E-state index in [-0.39, 0.29) is 12.4 Å². The van der Waals surface area contributed by atoms with E-state index in [2.05, 4.69) is 40.3 Å². The van der Waals surface area contributed by atoms with E-state index >= 15 is 0 Å². The summed E-state index contributed by atoms with van der Waals surface area (Å²) in [5.74, 6) is 1.05. The van der Waals surface area contributed by atoms with Crippen LogP contribution < -0.4 is 10.1 Å². The molecule has 1 heterocycles. The van der Waals surface area contributed by atoms with Crippen molar-refractivity contribution in [3.63, 3.8) is 0 Å². The summed E-state index contributed by atoms with van der Waals surface area (Å²) in [6, 6.07) is 4.20. The highest BCUT2D eigenvalue weighted by molar-refractivity contribution is 9.10. The highest BCUT2D eigenvalue weighted by Gasteiger charge is 2.11. The molecule has 1 aliphatic heterocycles. The van der Waals surface area contributed by atoms with Gasteiger partial charge in [-0.15, -0.1) is 12.4 Å². The number of hydrogen-bond donors (Lipinski definition) is 1. The summed E-state index contributed by atoms with van der Waals surface area (Å²) in [5.41, 5.74) is 2.44. The lowest BCUT2D eigenvalue weighted by molar-refractivity contribution is 0.323. The fourth-order valence-corrected chi connectivity index (χ4v) is 2.21. The Balaban J connectivity index is 0.000000980. The van der Waals surface area contributed by atoms with Gasteiger partial charge in [0.1, 0.15) is 12.4 Å². The fraction of sp³-hybridized carbons (Fsp3) is 0.400. The zero-order valence-electron chi connectivity index (χ0n) is 7.97. The van der Waals surface area contributed by atoms with Crippen molar-refractivity contribution >= 4 is 28.3 Å². The van der Waals surface area contributed by atoms with Crippen LogP contribution in [0.4, 0.5) is 0 Å². The standard InChI is InChI=1S/C10H12BrNO.ClH/c1-7-4-9(11)5-8-6-12-2-3-13-10(7)8;/h4-5,12H,2-3,6H2,1H3;1H. The van der Waals surface area contributed by atoms with Crippen LogP contribution in [0.5, 0.6) is 5.75 Å². The first kappa shape index (κ1) is 11.8. The minimum atomic E-state index is 0. The number of rotatable bonds is 0. The number of benzene rings is 1. The van der Waals surface area contributed by atoms with Crippen molar-refractivity contribution in [2.75, 3.05) is 13.2 Å². The predicted octanol–water partition coefficient (Wildman–Crippen LogP) is 2.66. The minimum absolute atomic E-state index is 0. The summed E-state index contributed by atoms with van der Waals surface area (Å²) in [6.07, 6.45) is 0. The van der Waals surface area contributed by atoms with Crippen molar-refractivity contribution in [2.24, 2.45) is 0 Å². The van der Waals surface area contributed by atoms with Gasteiger partial charge in [-0.05, 0) is 24.6 Å². The van der Waals surface area contributed by atoms with Gasteiger partial charge in [0.15, 0.2) is 0 Å². The lowest BCUT2D eigenvalue weighted by Crippen LogP contribution is -2.16. The first-order valence-electron chi connectivity index (χ1n) is 4.40. The molecule has 4 heteroatoms. The molecular weight excluding hydrogens is 265 g/mol. The summed E-state index contributed by atoms with van der Waals surface area (Å²) in [4.78, 5) is 0. The average Bonchev–Trinajstić information content (AvgIpc) is 2.28. The molecular formula is C10H13BrClNO. The highest BCUT2D eigenvalue weighted by atomic mass is 79.9. The van der Waals surface area contributed by atoms with Crippen molar-refractivity contribution < 1.29 is 4.74 Å². The Labute approximate surface area is 98.6 Å².